The Labute approximate surface area is 389 Å². The van der Waals surface area contributed by atoms with E-state index in [-0.39, 0.29) is 59.8 Å². The molecule has 1 aliphatic carbocycles. The molecule has 7 heterocycles. The van der Waals surface area contributed by atoms with Gasteiger partial charge in [0.05, 0.1) is 34.8 Å². The first-order valence-electron chi connectivity index (χ1n) is 23.6. The number of likely N-dealkylation sites (tertiary alicyclic amines) is 1. The van der Waals surface area contributed by atoms with Crippen LogP contribution < -0.4 is 14.8 Å². The van der Waals surface area contributed by atoms with Gasteiger partial charge in [0.1, 0.15) is 35.2 Å². The lowest BCUT2D eigenvalue weighted by Crippen LogP contribution is -2.58. The molecule has 6 atom stereocenters. The van der Waals surface area contributed by atoms with E-state index in [0.29, 0.717) is 73.4 Å². The summed E-state index contributed by atoms with van der Waals surface area (Å²) < 4.78 is 64.2. The van der Waals surface area contributed by atoms with E-state index in [4.69, 9.17) is 45.4 Å². The maximum atomic E-state index is 17.7. The van der Waals surface area contributed by atoms with Gasteiger partial charge in [-0.25, -0.2) is 23.1 Å². The molecule has 1 saturated carbocycles. The summed E-state index contributed by atoms with van der Waals surface area (Å²) in [4.78, 5) is 43.8. The maximum Gasteiger partial charge on any atom is 0.410 e. The zero-order valence-electron chi connectivity index (χ0n) is 39.2. The number of ether oxygens (including phenoxy) is 5. The Bertz CT molecular complexity index is 2490. The molecule has 5 aliphatic rings. The van der Waals surface area contributed by atoms with Gasteiger partial charge in [-0.3, -0.25) is 9.88 Å². The van der Waals surface area contributed by atoms with Gasteiger partial charge in [0, 0.05) is 54.8 Å². The molecule has 1 N–H and O–H groups in total. The minimum Gasteiger partial charge on any atom is -0.471 e. The van der Waals surface area contributed by atoms with Crippen molar-refractivity contribution in [2.75, 3.05) is 46.0 Å². The van der Waals surface area contributed by atoms with Gasteiger partial charge in [-0.2, -0.15) is 15.1 Å². The lowest BCUT2D eigenvalue weighted by molar-refractivity contribution is -0.0366. The summed E-state index contributed by atoms with van der Waals surface area (Å²) in [6.07, 6.45) is 8.51. The zero-order valence-corrected chi connectivity index (χ0v) is 39.9. The molecule has 18 heteroatoms. The summed E-state index contributed by atoms with van der Waals surface area (Å²) in [6.45, 7) is 15.9. The number of fused-ring (bicyclic) bond motifs is 3. The summed E-state index contributed by atoms with van der Waals surface area (Å²) in [5, 5.41) is 9.16. The third-order valence-corrected chi connectivity index (χ3v) is 13.9. The SMILES string of the molecule is CC(C)(C)OC(=O)N1CCC[C@@](C)(NC(=O)OCCC2CC2c2c(Cl)cc3c(cnn3C3CCCCO3)c2-c2ncc3c(OC(C)(C)C)nc(OC[C@@]45CCCN4C[C@H](F)C5)nc3c2F)C1. The molecule has 2 amide bonds. The number of nitrogens with zero attached hydrogens (tertiary/aromatic N) is 7. The van der Waals surface area contributed by atoms with Crippen molar-refractivity contribution in [3.63, 3.8) is 0 Å². The Kier molecular flexibility index (Phi) is 12.5. The van der Waals surface area contributed by atoms with Crippen LogP contribution in [-0.4, -0.2) is 121 Å². The number of rotatable bonds is 11. The van der Waals surface area contributed by atoms with Crippen molar-refractivity contribution in [2.24, 2.45) is 5.92 Å². The normalized spacial score (nSPS) is 27.0. The minimum absolute atomic E-state index is 0.0328. The number of halogens is 3. The molecule has 0 radical (unpaired) electrons. The van der Waals surface area contributed by atoms with Gasteiger partial charge >= 0.3 is 18.2 Å². The van der Waals surface area contributed by atoms with Crippen molar-refractivity contribution >= 4 is 45.6 Å². The van der Waals surface area contributed by atoms with Gasteiger partial charge in [0.25, 0.3) is 0 Å². The Hall–Kier alpha value is -4.61. The standard InChI is InChI=1S/C48H63ClF2N8O7/c1-45(2,3)65-41-32-23-52-40(38(51)39(32)54-42(55-41)64-27-48-15-11-17-58(48)25-29(50)22-48)37-31-24-53-59(35-12-8-9-18-62-35)34(31)21-33(49)36(37)30-20-28(30)13-19-63-43(60)56-47(7)14-10-16-57(26-47)44(61)66-46(4,5)6/h21,23-24,28-30,35H,8-20,22,25-27H2,1-7H3,(H,56,60)/t28?,29-,30?,35?,47-,48+/m1/s1. The minimum atomic E-state index is -0.941. The van der Waals surface area contributed by atoms with Crippen LogP contribution in [0.15, 0.2) is 18.5 Å². The van der Waals surface area contributed by atoms with Crippen LogP contribution in [0.1, 0.15) is 130 Å². The summed E-state index contributed by atoms with van der Waals surface area (Å²) in [5.74, 6) is -0.605. The fourth-order valence-electron chi connectivity index (χ4n) is 10.5. The van der Waals surface area contributed by atoms with E-state index in [9.17, 15) is 14.0 Å². The van der Waals surface area contributed by atoms with Crippen molar-refractivity contribution in [3.05, 3.63) is 34.9 Å². The number of aromatic nitrogens is 5. The average Bonchev–Trinajstić information content (AvgIpc) is 3.51. The summed E-state index contributed by atoms with van der Waals surface area (Å²) in [6, 6.07) is 1.81. The fraction of sp³-hybridized carbons (Fsp3) is 0.667. The van der Waals surface area contributed by atoms with E-state index in [0.717, 1.165) is 50.6 Å². The number of hydrogen-bond donors (Lipinski definition) is 1. The van der Waals surface area contributed by atoms with Crippen LogP contribution in [-0.2, 0) is 14.2 Å². The Morgan fingerprint density at radius 1 is 1.03 bits per heavy atom. The highest BCUT2D eigenvalue weighted by atomic mass is 35.5. The molecule has 9 rings (SSSR count). The molecule has 4 aromatic rings. The van der Waals surface area contributed by atoms with Crippen LogP contribution in [0, 0.1) is 11.7 Å². The molecule has 358 valence electrons. The van der Waals surface area contributed by atoms with Crippen LogP contribution in [0.5, 0.6) is 11.9 Å². The van der Waals surface area contributed by atoms with Gasteiger partial charge in [0.2, 0.25) is 5.88 Å². The molecule has 1 aromatic carbocycles. The number of alkyl carbamates (subject to hydrolysis) is 1. The number of amides is 2. The number of benzene rings is 1. The average molecular weight is 938 g/mol. The second-order valence-corrected chi connectivity index (χ2v) is 21.7. The molecular weight excluding hydrogens is 874 g/mol. The van der Waals surface area contributed by atoms with E-state index in [1.54, 1.807) is 11.1 Å². The third kappa shape index (κ3) is 9.71. The Balaban J connectivity index is 1.00. The number of piperidine rings is 1. The summed E-state index contributed by atoms with van der Waals surface area (Å²) >= 11 is 7.29. The summed E-state index contributed by atoms with van der Waals surface area (Å²) in [5.41, 5.74) is -0.551. The maximum absolute atomic E-state index is 17.7. The zero-order chi connectivity index (χ0) is 46.8. The molecule has 15 nitrogen and oxygen atoms in total. The number of alkyl halides is 1. The second kappa shape index (κ2) is 17.8. The largest absolute Gasteiger partial charge is 0.471 e. The van der Waals surface area contributed by atoms with Crippen LogP contribution in [0.4, 0.5) is 18.4 Å². The molecule has 3 unspecified atom stereocenters. The molecule has 4 aliphatic heterocycles. The van der Waals surface area contributed by atoms with Crippen LogP contribution in [0.25, 0.3) is 33.1 Å². The molecule has 0 spiro atoms. The second-order valence-electron chi connectivity index (χ2n) is 21.3. The lowest BCUT2D eigenvalue weighted by Gasteiger charge is -2.40. The van der Waals surface area contributed by atoms with Crippen molar-refractivity contribution in [1.29, 1.82) is 0 Å². The first-order valence-corrected chi connectivity index (χ1v) is 24.0. The van der Waals surface area contributed by atoms with E-state index in [1.807, 2.05) is 59.2 Å². The first-order chi connectivity index (χ1) is 31.3. The predicted molar refractivity (Wildman–Crippen MR) is 244 cm³/mol. The van der Waals surface area contributed by atoms with Gasteiger partial charge in [0.15, 0.2) is 12.0 Å². The van der Waals surface area contributed by atoms with Gasteiger partial charge < -0.3 is 33.9 Å². The highest BCUT2D eigenvalue weighted by molar-refractivity contribution is 6.33. The van der Waals surface area contributed by atoms with Crippen molar-refractivity contribution in [2.45, 2.75) is 153 Å². The molecule has 5 fully saturated rings. The monoisotopic (exact) mass is 936 g/mol. The van der Waals surface area contributed by atoms with Gasteiger partial charge in [-0.15, -0.1) is 0 Å². The van der Waals surface area contributed by atoms with Crippen molar-refractivity contribution in [1.82, 2.24) is 39.8 Å². The van der Waals surface area contributed by atoms with E-state index < -0.39 is 46.5 Å². The Morgan fingerprint density at radius 3 is 2.59 bits per heavy atom. The Morgan fingerprint density at radius 2 is 1.83 bits per heavy atom. The molecule has 3 aromatic heterocycles. The smallest absolute Gasteiger partial charge is 0.410 e. The van der Waals surface area contributed by atoms with Crippen molar-refractivity contribution in [3.8, 4) is 23.1 Å². The molecule has 66 heavy (non-hydrogen) atoms. The van der Waals surface area contributed by atoms with E-state index >= 15 is 4.39 Å². The third-order valence-electron chi connectivity index (χ3n) is 13.6. The van der Waals surface area contributed by atoms with E-state index in [2.05, 4.69) is 20.2 Å². The predicted octanol–water partition coefficient (Wildman–Crippen LogP) is 9.67. The summed E-state index contributed by atoms with van der Waals surface area (Å²) in [7, 11) is 0. The number of carbonyl (C=O) groups excluding carboxylic acids is 2. The van der Waals surface area contributed by atoms with Crippen LogP contribution in [0.3, 0.4) is 0 Å². The number of nitrogens with one attached hydrogen (secondary N) is 1. The molecular formula is C48H63ClF2N8O7. The highest BCUT2D eigenvalue weighted by Crippen LogP contribution is 2.56. The first kappa shape index (κ1) is 46.5. The van der Waals surface area contributed by atoms with Crippen LogP contribution in [0.2, 0.25) is 5.02 Å². The van der Waals surface area contributed by atoms with E-state index in [1.165, 1.54) is 6.20 Å². The number of pyridine rings is 1. The highest BCUT2D eigenvalue weighted by Gasteiger charge is 2.50. The topological polar surface area (TPSA) is 155 Å². The lowest BCUT2D eigenvalue weighted by atomic mass is 9.91. The van der Waals surface area contributed by atoms with Crippen LogP contribution >= 0.6 is 11.6 Å². The molecule has 0 bridgehead atoms. The number of carbonyl (C=O) groups is 2. The van der Waals surface area contributed by atoms with Crippen molar-refractivity contribution < 1.29 is 42.1 Å². The number of hydrogen-bond acceptors (Lipinski definition) is 12. The van der Waals surface area contributed by atoms with Gasteiger partial charge in [-0.05, 0) is 136 Å². The quantitative estimate of drug-likeness (QED) is 0.152. The fourth-order valence-corrected chi connectivity index (χ4v) is 10.9. The van der Waals surface area contributed by atoms with Gasteiger partial charge in [-0.1, -0.05) is 11.6 Å². The molecule has 4 saturated heterocycles.